The molecule has 0 fully saturated rings. The molecule has 1 amide bonds. The van der Waals surface area contributed by atoms with Crippen LogP contribution in [0.5, 0.6) is 0 Å². The van der Waals surface area contributed by atoms with E-state index < -0.39 is 0 Å². The lowest BCUT2D eigenvalue weighted by molar-refractivity contribution is -0.115. The van der Waals surface area contributed by atoms with Gasteiger partial charge in [0.05, 0.1) is 17.9 Å². The normalized spacial score (nSPS) is 10.1. The van der Waals surface area contributed by atoms with Crippen LogP contribution >= 0.6 is 11.6 Å². The maximum absolute atomic E-state index is 11.4. The van der Waals surface area contributed by atoms with Crippen molar-refractivity contribution in [1.82, 2.24) is 10.3 Å². The SMILES string of the molecule is CCNCC(=O)Nc1ccc(Cl)nc1C. The lowest BCUT2D eigenvalue weighted by Crippen LogP contribution is -2.28. The van der Waals surface area contributed by atoms with Crippen molar-refractivity contribution in [1.29, 1.82) is 0 Å². The zero-order valence-corrected chi connectivity index (χ0v) is 9.56. The summed E-state index contributed by atoms with van der Waals surface area (Å²) in [5.41, 5.74) is 1.41. The molecule has 0 aliphatic heterocycles. The molecule has 1 heterocycles. The van der Waals surface area contributed by atoms with E-state index in [1.807, 2.05) is 6.92 Å². The smallest absolute Gasteiger partial charge is 0.238 e. The Morgan fingerprint density at radius 1 is 1.53 bits per heavy atom. The van der Waals surface area contributed by atoms with Crippen molar-refractivity contribution in [3.05, 3.63) is 23.0 Å². The van der Waals surface area contributed by atoms with E-state index >= 15 is 0 Å². The van der Waals surface area contributed by atoms with Crippen LogP contribution in [-0.2, 0) is 4.79 Å². The number of halogens is 1. The molecular formula is C10H14ClN3O. The van der Waals surface area contributed by atoms with Crippen LogP contribution in [0, 0.1) is 6.92 Å². The molecule has 0 aromatic carbocycles. The van der Waals surface area contributed by atoms with Crippen molar-refractivity contribution >= 4 is 23.2 Å². The number of pyridine rings is 1. The predicted octanol–water partition coefficient (Wildman–Crippen LogP) is 1.59. The first kappa shape index (κ1) is 11.9. The molecule has 0 spiro atoms. The standard InChI is InChI=1S/C10H14ClN3O/c1-3-12-6-10(15)14-8-4-5-9(11)13-7(8)2/h4-5,12H,3,6H2,1-2H3,(H,14,15). The Morgan fingerprint density at radius 3 is 2.87 bits per heavy atom. The Kier molecular flexibility index (Phi) is 4.52. The molecule has 0 saturated heterocycles. The number of aromatic nitrogens is 1. The fourth-order valence-corrected chi connectivity index (χ4v) is 1.29. The molecular weight excluding hydrogens is 214 g/mol. The number of rotatable bonds is 4. The van der Waals surface area contributed by atoms with Gasteiger partial charge in [0.1, 0.15) is 5.15 Å². The molecule has 1 aromatic rings. The number of nitrogens with zero attached hydrogens (tertiary/aromatic N) is 1. The molecule has 4 nitrogen and oxygen atoms in total. The van der Waals surface area contributed by atoms with Crippen LogP contribution in [0.1, 0.15) is 12.6 Å². The number of likely N-dealkylation sites (N-methyl/N-ethyl adjacent to an activating group) is 1. The second kappa shape index (κ2) is 5.68. The van der Waals surface area contributed by atoms with E-state index in [2.05, 4.69) is 15.6 Å². The van der Waals surface area contributed by atoms with Gasteiger partial charge in [-0.3, -0.25) is 4.79 Å². The number of amides is 1. The molecule has 0 unspecified atom stereocenters. The minimum atomic E-state index is -0.0796. The summed E-state index contributed by atoms with van der Waals surface area (Å²) in [6, 6.07) is 3.39. The Bertz CT molecular complexity index is 355. The molecule has 82 valence electrons. The number of carbonyl (C=O) groups excluding carboxylic acids is 1. The summed E-state index contributed by atoms with van der Waals surface area (Å²) >= 11 is 5.70. The third kappa shape index (κ3) is 3.85. The summed E-state index contributed by atoms with van der Waals surface area (Å²) < 4.78 is 0. The number of hydrogen-bond donors (Lipinski definition) is 2. The first-order valence-electron chi connectivity index (χ1n) is 4.77. The van der Waals surface area contributed by atoms with Gasteiger partial charge in [-0.2, -0.15) is 0 Å². The highest BCUT2D eigenvalue weighted by atomic mass is 35.5. The van der Waals surface area contributed by atoms with E-state index in [1.54, 1.807) is 19.1 Å². The average Bonchev–Trinajstić information content (AvgIpc) is 2.19. The Morgan fingerprint density at radius 2 is 2.27 bits per heavy atom. The van der Waals surface area contributed by atoms with Crippen molar-refractivity contribution < 1.29 is 4.79 Å². The highest BCUT2D eigenvalue weighted by Gasteiger charge is 2.04. The maximum atomic E-state index is 11.4. The largest absolute Gasteiger partial charge is 0.323 e. The van der Waals surface area contributed by atoms with E-state index in [-0.39, 0.29) is 5.91 Å². The van der Waals surface area contributed by atoms with Crippen LogP contribution in [0.15, 0.2) is 12.1 Å². The van der Waals surface area contributed by atoms with Gasteiger partial charge in [0.15, 0.2) is 0 Å². The monoisotopic (exact) mass is 227 g/mol. The zero-order valence-electron chi connectivity index (χ0n) is 8.80. The molecule has 0 radical (unpaired) electrons. The highest BCUT2D eigenvalue weighted by Crippen LogP contribution is 2.15. The second-order valence-electron chi connectivity index (χ2n) is 3.10. The molecule has 5 heteroatoms. The highest BCUT2D eigenvalue weighted by molar-refractivity contribution is 6.29. The van der Waals surface area contributed by atoms with Crippen LogP contribution < -0.4 is 10.6 Å². The number of nitrogens with one attached hydrogen (secondary N) is 2. The molecule has 0 aliphatic rings. The van der Waals surface area contributed by atoms with Gasteiger partial charge in [0, 0.05) is 0 Å². The van der Waals surface area contributed by atoms with Crippen molar-refractivity contribution in [3.8, 4) is 0 Å². The van der Waals surface area contributed by atoms with E-state index in [0.29, 0.717) is 23.1 Å². The first-order chi connectivity index (χ1) is 7.13. The van der Waals surface area contributed by atoms with Gasteiger partial charge in [0.2, 0.25) is 5.91 Å². The average molecular weight is 228 g/mol. The van der Waals surface area contributed by atoms with E-state index in [4.69, 9.17) is 11.6 Å². The predicted molar refractivity (Wildman–Crippen MR) is 61.2 cm³/mol. The molecule has 2 N–H and O–H groups in total. The first-order valence-corrected chi connectivity index (χ1v) is 5.15. The molecule has 0 saturated carbocycles. The van der Waals surface area contributed by atoms with Gasteiger partial charge in [-0.1, -0.05) is 18.5 Å². The van der Waals surface area contributed by atoms with Crippen molar-refractivity contribution in [3.63, 3.8) is 0 Å². The van der Waals surface area contributed by atoms with Gasteiger partial charge < -0.3 is 10.6 Å². The van der Waals surface area contributed by atoms with Gasteiger partial charge in [-0.05, 0) is 25.6 Å². The summed E-state index contributed by atoms with van der Waals surface area (Å²) in [6.45, 7) is 4.82. The lowest BCUT2D eigenvalue weighted by Gasteiger charge is -2.07. The Balaban J connectivity index is 2.60. The fraction of sp³-hybridized carbons (Fsp3) is 0.400. The third-order valence-electron chi connectivity index (χ3n) is 1.86. The van der Waals surface area contributed by atoms with E-state index in [1.165, 1.54) is 0 Å². The summed E-state index contributed by atoms with van der Waals surface area (Å²) in [4.78, 5) is 15.4. The van der Waals surface area contributed by atoms with Crippen molar-refractivity contribution in [2.45, 2.75) is 13.8 Å². The summed E-state index contributed by atoms with van der Waals surface area (Å²) in [5.74, 6) is -0.0796. The zero-order chi connectivity index (χ0) is 11.3. The van der Waals surface area contributed by atoms with Gasteiger partial charge in [-0.25, -0.2) is 4.98 Å². The van der Waals surface area contributed by atoms with Gasteiger partial charge >= 0.3 is 0 Å². The van der Waals surface area contributed by atoms with E-state index in [9.17, 15) is 4.79 Å². The van der Waals surface area contributed by atoms with Crippen molar-refractivity contribution in [2.75, 3.05) is 18.4 Å². The summed E-state index contributed by atoms with van der Waals surface area (Å²) in [6.07, 6.45) is 0. The maximum Gasteiger partial charge on any atom is 0.238 e. The molecule has 1 rings (SSSR count). The number of hydrogen-bond acceptors (Lipinski definition) is 3. The van der Waals surface area contributed by atoms with Crippen LogP contribution in [0.25, 0.3) is 0 Å². The summed E-state index contributed by atoms with van der Waals surface area (Å²) in [7, 11) is 0. The van der Waals surface area contributed by atoms with Crippen LogP contribution in [0.4, 0.5) is 5.69 Å². The van der Waals surface area contributed by atoms with Gasteiger partial charge in [0.25, 0.3) is 0 Å². The number of carbonyl (C=O) groups is 1. The molecule has 1 aromatic heterocycles. The van der Waals surface area contributed by atoms with Crippen LogP contribution in [-0.4, -0.2) is 24.0 Å². The Hall–Kier alpha value is -1.13. The third-order valence-corrected chi connectivity index (χ3v) is 2.07. The van der Waals surface area contributed by atoms with Crippen LogP contribution in [0.2, 0.25) is 5.15 Å². The van der Waals surface area contributed by atoms with Gasteiger partial charge in [-0.15, -0.1) is 0 Å². The molecule has 15 heavy (non-hydrogen) atoms. The summed E-state index contributed by atoms with van der Waals surface area (Å²) in [5, 5.41) is 6.12. The Labute approximate surface area is 94.0 Å². The molecule has 0 aliphatic carbocycles. The molecule has 0 atom stereocenters. The minimum absolute atomic E-state index is 0.0796. The fourth-order valence-electron chi connectivity index (χ4n) is 1.10. The quantitative estimate of drug-likeness (QED) is 0.769. The number of aryl methyl sites for hydroxylation is 1. The second-order valence-corrected chi connectivity index (χ2v) is 3.48. The van der Waals surface area contributed by atoms with E-state index in [0.717, 1.165) is 6.54 Å². The van der Waals surface area contributed by atoms with Crippen LogP contribution in [0.3, 0.4) is 0 Å². The minimum Gasteiger partial charge on any atom is -0.323 e. The topological polar surface area (TPSA) is 54.0 Å². The number of anilines is 1. The van der Waals surface area contributed by atoms with Crippen molar-refractivity contribution in [2.24, 2.45) is 0 Å². The molecule has 0 bridgehead atoms. The lowest BCUT2D eigenvalue weighted by atomic mass is 10.3.